The van der Waals surface area contributed by atoms with Crippen LogP contribution in [0.1, 0.15) is 55.7 Å². The van der Waals surface area contributed by atoms with Gasteiger partial charge in [-0.05, 0) is 83.4 Å². The molecule has 0 saturated heterocycles. The van der Waals surface area contributed by atoms with Crippen LogP contribution in [0.15, 0.2) is 17.1 Å². The molecule has 1 aliphatic rings. The molecule has 0 amide bonds. The van der Waals surface area contributed by atoms with E-state index in [1.54, 1.807) is 23.6 Å². The Morgan fingerprint density at radius 1 is 1.43 bits per heavy atom. The van der Waals surface area contributed by atoms with E-state index in [1.807, 2.05) is 13.0 Å². The van der Waals surface area contributed by atoms with Crippen LogP contribution in [0, 0.1) is 26.2 Å². The number of hydrogen-bond acceptors (Lipinski definition) is 5. The summed E-state index contributed by atoms with van der Waals surface area (Å²) in [6.07, 6.45) is 4.86. The van der Waals surface area contributed by atoms with Crippen LogP contribution >= 0.6 is 33.9 Å². The van der Waals surface area contributed by atoms with E-state index >= 15 is 0 Å². The molecule has 3 rings (SSSR count). The Bertz CT molecular complexity index is 951. The van der Waals surface area contributed by atoms with E-state index in [2.05, 4.69) is 54.4 Å². The lowest BCUT2D eigenvalue weighted by Gasteiger charge is -2.33. The van der Waals surface area contributed by atoms with Crippen molar-refractivity contribution in [3.05, 3.63) is 37.3 Å². The number of nitrogens with zero attached hydrogens (tertiary/aromatic N) is 2. The number of halogens is 1. The third-order valence-electron chi connectivity index (χ3n) is 5.26. The topological polar surface area (TPSA) is 65.6 Å². The largest absolute Gasteiger partial charge is 0.504 e. The molecule has 2 aromatic rings. The van der Waals surface area contributed by atoms with Crippen LogP contribution in [0.2, 0.25) is 0 Å². The van der Waals surface area contributed by atoms with Crippen molar-refractivity contribution in [2.45, 2.75) is 47.0 Å². The highest BCUT2D eigenvalue weighted by atomic mass is 127. The fourth-order valence-electron chi connectivity index (χ4n) is 3.58. The average molecular weight is 508 g/mol. The third-order valence-corrected chi connectivity index (χ3v) is 7.25. The molecule has 0 unspecified atom stereocenters. The van der Waals surface area contributed by atoms with Crippen molar-refractivity contribution in [1.29, 1.82) is 5.26 Å². The van der Waals surface area contributed by atoms with Gasteiger partial charge in [0, 0.05) is 11.1 Å². The Morgan fingerprint density at radius 2 is 2.18 bits per heavy atom. The molecule has 1 N–H and O–H groups in total. The molecule has 28 heavy (non-hydrogen) atoms. The van der Waals surface area contributed by atoms with Gasteiger partial charge in [-0.15, -0.1) is 11.3 Å². The van der Waals surface area contributed by atoms with E-state index in [1.165, 1.54) is 10.4 Å². The highest BCUT2D eigenvalue weighted by Gasteiger charge is 2.32. The van der Waals surface area contributed by atoms with Crippen LogP contribution in [-0.2, 0) is 12.8 Å². The Kier molecular flexibility index (Phi) is 6.35. The second-order valence-corrected chi connectivity index (χ2v) is 10.4. The van der Waals surface area contributed by atoms with Crippen molar-refractivity contribution in [3.8, 4) is 17.6 Å². The molecule has 4 nitrogen and oxygen atoms in total. The first-order chi connectivity index (χ1) is 13.2. The summed E-state index contributed by atoms with van der Waals surface area (Å²) >= 11 is 3.73. The number of benzene rings is 1. The number of aromatic hydroxyl groups is 1. The SMILES string of the molecule is CCOc1cc(C=Nc2sc3c(c2C#N)CC[C@H](C(C)(C)C)C3)cc(I)c1O. The first kappa shape index (κ1) is 21.1. The predicted octanol–water partition coefficient (Wildman–Crippen LogP) is 6.23. The summed E-state index contributed by atoms with van der Waals surface area (Å²) in [6, 6.07) is 6.01. The molecular formula is C22H25IN2O2S. The zero-order valence-corrected chi connectivity index (χ0v) is 19.6. The lowest BCUT2D eigenvalue weighted by Crippen LogP contribution is -2.26. The van der Waals surface area contributed by atoms with Gasteiger partial charge in [-0.1, -0.05) is 20.8 Å². The number of phenolic OH excluding ortho intramolecular Hbond substituents is 1. The van der Waals surface area contributed by atoms with Crippen LogP contribution in [-0.4, -0.2) is 17.9 Å². The maximum atomic E-state index is 10.1. The molecule has 1 atom stereocenters. The lowest BCUT2D eigenvalue weighted by molar-refractivity contribution is 0.218. The summed E-state index contributed by atoms with van der Waals surface area (Å²) in [6.45, 7) is 9.25. The summed E-state index contributed by atoms with van der Waals surface area (Å²) in [5.74, 6) is 1.24. The van der Waals surface area contributed by atoms with Gasteiger partial charge in [-0.3, -0.25) is 0 Å². The summed E-state index contributed by atoms with van der Waals surface area (Å²) in [5, 5.41) is 20.6. The minimum atomic E-state index is 0.150. The summed E-state index contributed by atoms with van der Waals surface area (Å²) in [5.41, 5.74) is 3.03. The van der Waals surface area contributed by atoms with E-state index in [-0.39, 0.29) is 11.2 Å². The number of thiophene rings is 1. The van der Waals surface area contributed by atoms with Crippen molar-refractivity contribution in [1.82, 2.24) is 0 Å². The molecule has 0 aliphatic heterocycles. The molecule has 6 heteroatoms. The Morgan fingerprint density at radius 3 is 2.82 bits per heavy atom. The smallest absolute Gasteiger partial charge is 0.171 e. The van der Waals surface area contributed by atoms with E-state index in [0.29, 0.717) is 21.8 Å². The van der Waals surface area contributed by atoms with Gasteiger partial charge in [0.1, 0.15) is 11.1 Å². The second kappa shape index (κ2) is 8.42. The minimum absolute atomic E-state index is 0.150. The van der Waals surface area contributed by atoms with Gasteiger partial charge in [0.15, 0.2) is 11.5 Å². The van der Waals surface area contributed by atoms with Crippen molar-refractivity contribution < 1.29 is 9.84 Å². The summed E-state index contributed by atoms with van der Waals surface area (Å²) in [7, 11) is 0. The Labute approximate surface area is 184 Å². The van der Waals surface area contributed by atoms with Crippen LogP contribution < -0.4 is 4.74 Å². The van der Waals surface area contributed by atoms with Crippen LogP contribution in [0.25, 0.3) is 0 Å². The van der Waals surface area contributed by atoms with E-state index in [0.717, 1.165) is 35.4 Å². The van der Waals surface area contributed by atoms with E-state index in [9.17, 15) is 10.4 Å². The maximum Gasteiger partial charge on any atom is 0.171 e. The maximum absolute atomic E-state index is 10.1. The molecule has 0 spiro atoms. The zero-order valence-electron chi connectivity index (χ0n) is 16.7. The van der Waals surface area contributed by atoms with Crippen molar-refractivity contribution in [3.63, 3.8) is 0 Å². The summed E-state index contributed by atoms with van der Waals surface area (Å²) in [4.78, 5) is 5.95. The molecule has 0 radical (unpaired) electrons. The predicted molar refractivity (Wildman–Crippen MR) is 123 cm³/mol. The fourth-order valence-corrected chi connectivity index (χ4v) is 5.43. The number of ether oxygens (including phenoxy) is 1. The Balaban J connectivity index is 1.92. The van der Waals surface area contributed by atoms with Crippen molar-refractivity contribution in [2.24, 2.45) is 16.3 Å². The van der Waals surface area contributed by atoms with Gasteiger partial charge in [-0.25, -0.2) is 4.99 Å². The highest BCUT2D eigenvalue weighted by molar-refractivity contribution is 14.1. The van der Waals surface area contributed by atoms with Gasteiger partial charge in [-0.2, -0.15) is 5.26 Å². The molecule has 0 bridgehead atoms. The molecule has 0 fully saturated rings. The number of aliphatic imine (C=N–C) groups is 1. The van der Waals surface area contributed by atoms with Crippen LogP contribution in [0.3, 0.4) is 0 Å². The van der Waals surface area contributed by atoms with E-state index in [4.69, 9.17) is 4.74 Å². The molecule has 1 heterocycles. The quantitative estimate of drug-likeness (QED) is 0.393. The number of fused-ring (bicyclic) bond motifs is 1. The average Bonchev–Trinajstić information content (AvgIpc) is 3.00. The Hall–Kier alpha value is -1.59. The minimum Gasteiger partial charge on any atom is -0.504 e. The zero-order chi connectivity index (χ0) is 20.5. The number of nitriles is 1. The van der Waals surface area contributed by atoms with Gasteiger partial charge < -0.3 is 9.84 Å². The lowest BCUT2D eigenvalue weighted by atomic mass is 9.72. The third kappa shape index (κ3) is 4.36. The second-order valence-electron chi connectivity index (χ2n) is 8.14. The number of phenols is 1. The molecular weight excluding hydrogens is 483 g/mol. The summed E-state index contributed by atoms with van der Waals surface area (Å²) < 4.78 is 6.21. The van der Waals surface area contributed by atoms with Gasteiger partial charge in [0.25, 0.3) is 0 Å². The molecule has 148 valence electrons. The van der Waals surface area contributed by atoms with E-state index < -0.39 is 0 Å². The van der Waals surface area contributed by atoms with Crippen molar-refractivity contribution >= 4 is 45.1 Å². The standard InChI is InChI=1S/C22H25IN2O2S/c1-5-27-18-9-13(8-17(23)20(18)26)12-25-21-16(11-24)15-7-6-14(22(2,3)4)10-19(15)28-21/h8-9,12,14,26H,5-7,10H2,1-4H3/t14-/m0/s1. The number of rotatable bonds is 4. The highest BCUT2D eigenvalue weighted by Crippen LogP contribution is 2.45. The monoisotopic (exact) mass is 508 g/mol. The first-order valence-corrected chi connectivity index (χ1v) is 11.4. The molecule has 1 aromatic heterocycles. The molecule has 1 aromatic carbocycles. The van der Waals surface area contributed by atoms with Gasteiger partial charge >= 0.3 is 0 Å². The number of hydrogen-bond donors (Lipinski definition) is 1. The van der Waals surface area contributed by atoms with Gasteiger partial charge in [0.2, 0.25) is 0 Å². The van der Waals surface area contributed by atoms with Crippen molar-refractivity contribution in [2.75, 3.05) is 6.61 Å². The molecule has 0 saturated carbocycles. The van der Waals surface area contributed by atoms with Crippen LogP contribution in [0.5, 0.6) is 11.5 Å². The van der Waals surface area contributed by atoms with Crippen LogP contribution in [0.4, 0.5) is 5.00 Å². The van der Waals surface area contributed by atoms with Gasteiger partial charge in [0.05, 0.1) is 15.7 Å². The first-order valence-electron chi connectivity index (χ1n) is 9.48. The normalized spacial score (nSPS) is 16.8. The molecule has 1 aliphatic carbocycles. The fraction of sp³-hybridized carbons (Fsp3) is 0.455.